The zero-order valence-electron chi connectivity index (χ0n) is 11.2. The fourth-order valence-electron chi connectivity index (χ4n) is 1.74. The van der Waals surface area contributed by atoms with E-state index in [4.69, 9.17) is 10.8 Å². The van der Waals surface area contributed by atoms with E-state index in [2.05, 4.69) is 0 Å². The molecule has 0 bridgehead atoms. The van der Waals surface area contributed by atoms with Crippen molar-refractivity contribution < 1.29 is 13.5 Å². The zero-order chi connectivity index (χ0) is 14.3. The van der Waals surface area contributed by atoms with Gasteiger partial charge in [0.15, 0.2) is 0 Å². The number of rotatable bonds is 8. The summed E-state index contributed by atoms with van der Waals surface area (Å²) >= 11 is 0. The number of hydrogen-bond acceptors (Lipinski definition) is 4. The molecule has 0 unspecified atom stereocenters. The number of aliphatic hydroxyl groups excluding tert-OH is 1. The highest BCUT2D eigenvalue weighted by Gasteiger charge is 2.23. The summed E-state index contributed by atoms with van der Waals surface area (Å²) < 4.78 is 26.2. The maximum Gasteiger partial charge on any atom is 0.243 e. The first-order valence-electron chi connectivity index (χ1n) is 6.46. The van der Waals surface area contributed by atoms with E-state index in [1.54, 1.807) is 24.3 Å². The fraction of sp³-hybridized carbons (Fsp3) is 0.538. The summed E-state index contributed by atoms with van der Waals surface area (Å²) in [5, 5.41) is 9.01. The number of nitrogens with zero attached hydrogens (tertiary/aromatic N) is 1. The van der Waals surface area contributed by atoms with Gasteiger partial charge in [-0.15, -0.1) is 0 Å². The molecule has 1 rings (SSSR count). The van der Waals surface area contributed by atoms with E-state index in [0.29, 0.717) is 13.1 Å². The minimum atomic E-state index is -3.53. The number of unbranched alkanes of at least 4 members (excludes halogenated alkanes) is 1. The molecule has 0 radical (unpaired) electrons. The quantitative estimate of drug-likeness (QED) is 0.744. The Morgan fingerprint density at radius 1 is 1.21 bits per heavy atom. The smallest absolute Gasteiger partial charge is 0.243 e. The van der Waals surface area contributed by atoms with Gasteiger partial charge in [-0.2, -0.15) is 4.31 Å². The van der Waals surface area contributed by atoms with E-state index >= 15 is 0 Å². The van der Waals surface area contributed by atoms with Gasteiger partial charge in [0.05, 0.1) is 11.5 Å². The third-order valence-electron chi connectivity index (χ3n) is 2.91. The number of hydrogen-bond donors (Lipinski definition) is 2. The molecule has 0 amide bonds. The Kier molecular flexibility index (Phi) is 6.44. The molecule has 0 fully saturated rings. The van der Waals surface area contributed by atoms with Gasteiger partial charge in [-0.25, -0.2) is 8.42 Å². The lowest BCUT2D eigenvalue weighted by Gasteiger charge is -2.21. The summed E-state index contributed by atoms with van der Waals surface area (Å²) in [4.78, 5) is 0.245. The van der Waals surface area contributed by atoms with Crippen LogP contribution in [0.1, 0.15) is 25.3 Å². The first-order valence-corrected chi connectivity index (χ1v) is 7.90. The Hall–Kier alpha value is -0.950. The van der Waals surface area contributed by atoms with Crippen molar-refractivity contribution in [2.24, 2.45) is 5.73 Å². The SMILES string of the molecule is CCCCN(CCO)S(=O)(=O)c1ccc(CN)cc1. The molecule has 0 aliphatic rings. The van der Waals surface area contributed by atoms with Crippen molar-refractivity contribution >= 4 is 10.0 Å². The third-order valence-corrected chi connectivity index (χ3v) is 4.82. The standard InChI is InChI=1S/C13H22N2O3S/c1-2-3-8-15(9-10-16)19(17,18)13-6-4-12(11-14)5-7-13/h4-7,16H,2-3,8-11,14H2,1H3. The van der Waals surface area contributed by atoms with Gasteiger partial charge in [0.25, 0.3) is 0 Å². The maximum absolute atomic E-state index is 12.4. The van der Waals surface area contributed by atoms with Crippen LogP contribution in [-0.4, -0.2) is 37.5 Å². The second kappa shape index (κ2) is 7.59. The second-order valence-corrected chi connectivity index (χ2v) is 6.27. The molecule has 19 heavy (non-hydrogen) atoms. The summed E-state index contributed by atoms with van der Waals surface area (Å²) in [5.74, 6) is 0. The highest BCUT2D eigenvalue weighted by atomic mass is 32.2. The van der Waals surface area contributed by atoms with Gasteiger partial charge in [-0.1, -0.05) is 25.5 Å². The van der Waals surface area contributed by atoms with Crippen molar-refractivity contribution in [3.63, 3.8) is 0 Å². The van der Waals surface area contributed by atoms with Crippen LogP contribution in [-0.2, 0) is 16.6 Å². The molecule has 5 nitrogen and oxygen atoms in total. The van der Waals surface area contributed by atoms with Crippen LogP contribution in [0.15, 0.2) is 29.2 Å². The average Bonchev–Trinajstić information content (AvgIpc) is 2.43. The lowest BCUT2D eigenvalue weighted by molar-refractivity contribution is 0.252. The molecule has 1 aromatic carbocycles. The van der Waals surface area contributed by atoms with Crippen LogP contribution < -0.4 is 5.73 Å². The lowest BCUT2D eigenvalue weighted by atomic mass is 10.2. The van der Waals surface area contributed by atoms with E-state index in [9.17, 15) is 8.42 Å². The Labute approximate surface area is 115 Å². The molecule has 108 valence electrons. The molecule has 1 aromatic rings. The molecule has 0 atom stereocenters. The highest BCUT2D eigenvalue weighted by Crippen LogP contribution is 2.16. The molecular weight excluding hydrogens is 264 g/mol. The van der Waals surface area contributed by atoms with E-state index in [1.807, 2.05) is 6.92 Å². The molecule has 0 spiro atoms. The predicted octanol–water partition coefficient (Wildman–Crippen LogP) is 0.928. The minimum Gasteiger partial charge on any atom is -0.395 e. The summed E-state index contributed by atoms with van der Waals surface area (Å²) in [7, 11) is -3.53. The number of nitrogens with two attached hydrogens (primary N) is 1. The molecular formula is C13H22N2O3S. The molecule has 0 aliphatic carbocycles. The molecule has 0 aromatic heterocycles. The zero-order valence-corrected chi connectivity index (χ0v) is 12.1. The van der Waals surface area contributed by atoms with E-state index in [0.717, 1.165) is 18.4 Å². The number of benzene rings is 1. The monoisotopic (exact) mass is 286 g/mol. The minimum absolute atomic E-state index is 0.126. The molecule has 0 heterocycles. The highest BCUT2D eigenvalue weighted by molar-refractivity contribution is 7.89. The Morgan fingerprint density at radius 3 is 2.32 bits per heavy atom. The Bertz CT molecular complexity index is 471. The van der Waals surface area contributed by atoms with Crippen LogP contribution in [0.3, 0.4) is 0 Å². The summed E-state index contributed by atoms with van der Waals surface area (Å²) in [6, 6.07) is 6.55. The van der Waals surface area contributed by atoms with Gasteiger partial charge in [0.1, 0.15) is 0 Å². The predicted molar refractivity (Wildman–Crippen MR) is 75.1 cm³/mol. The molecule has 6 heteroatoms. The van der Waals surface area contributed by atoms with Crippen LogP contribution in [0.2, 0.25) is 0 Å². The lowest BCUT2D eigenvalue weighted by Crippen LogP contribution is -2.34. The van der Waals surface area contributed by atoms with Crippen LogP contribution in [0.5, 0.6) is 0 Å². The first-order chi connectivity index (χ1) is 9.06. The molecule has 0 saturated carbocycles. The molecule has 3 N–H and O–H groups in total. The van der Waals surface area contributed by atoms with Crippen molar-refractivity contribution in [2.45, 2.75) is 31.2 Å². The van der Waals surface area contributed by atoms with Crippen molar-refractivity contribution in [1.29, 1.82) is 0 Å². The topological polar surface area (TPSA) is 83.6 Å². The molecule has 0 saturated heterocycles. The van der Waals surface area contributed by atoms with Gasteiger partial charge >= 0.3 is 0 Å². The Morgan fingerprint density at radius 2 is 1.84 bits per heavy atom. The van der Waals surface area contributed by atoms with Crippen molar-refractivity contribution in [1.82, 2.24) is 4.31 Å². The van der Waals surface area contributed by atoms with Gasteiger partial charge in [-0.05, 0) is 24.1 Å². The van der Waals surface area contributed by atoms with Crippen LogP contribution in [0.25, 0.3) is 0 Å². The van der Waals surface area contributed by atoms with Gasteiger partial charge < -0.3 is 10.8 Å². The summed E-state index contributed by atoms with van der Waals surface area (Å²) in [6.45, 7) is 2.76. The van der Waals surface area contributed by atoms with Crippen LogP contribution in [0.4, 0.5) is 0 Å². The summed E-state index contributed by atoms with van der Waals surface area (Å²) in [6.07, 6.45) is 1.68. The third kappa shape index (κ3) is 4.28. The van der Waals surface area contributed by atoms with Gasteiger partial charge in [0, 0.05) is 19.6 Å². The number of sulfonamides is 1. The number of aliphatic hydroxyl groups is 1. The first kappa shape index (κ1) is 16.1. The summed E-state index contributed by atoms with van der Waals surface area (Å²) in [5.41, 5.74) is 6.38. The van der Waals surface area contributed by atoms with Crippen LogP contribution in [0, 0.1) is 0 Å². The normalized spacial score (nSPS) is 12.0. The van der Waals surface area contributed by atoms with Crippen molar-refractivity contribution in [2.75, 3.05) is 19.7 Å². The largest absolute Gasteiger partial charge is 0.395 e. The van der Waals surface area contributed by atoms with Crippen molar-refractivity contribution in [3.8, 4) is 0 Å². The van der Waals surface area contributed by atoms with Crippen LogP contribution >= 0.6 is 0 Å². The fourth-order valence-corrected chi connectivity index (χ4v) is 3.21. The maximum atomic E-state index is 12.4. The van der Waals surface area contributed by atoms with Gasteiger partial charge in [0.2, 0.25) is 10.0 Å². The Balaban J connectivity index is 2.96. The van der Waals surface area contributed by atoms with Gasteiger partial charge in [-0.3, -0.25) is 0 Å². The average molecular weight is 286 g/mol. The van der Waals surface area contributed by atoms with E-state index in [1.165, 1.54) is 4.31 Å². The molecule has 0 aliphatic heterocycles. The second-order valence-electron chi connectivity index (χ2n) is 4.33. The van der Waals surface area contributed by atoms with E-state index in [-0.39, 0.29) is 18.0 Å². The van der Waals surface area contributed by atoms with E-state index < -0.39 is 10.0 Å². The van der Waals surface area contributed by atoms with Crippen molar-refractivity contribution in [3.05, 3.63) is 29.8 Å².